The molecule has 0 aromatic carbocycles. The van der Waals surface area contributed by atoms with Crippen molar-refractivity contribution < 1.29 is 0 Å². The van der Waals surface area contributed by atoms with E-state index in [-0.39, 0.29) is 0 Å². The predicted octanol–water partition coefficient (Wildman–Crippen LogP) is 3.07. The van der Waals surface area contributed by atoms with E-state index in [0.29, 0.717) is 0 Å². The lowest BCUT2D eigenvalue weighted by molar-refractivity contribution is 0.294. The van der Waals surface area contributed by atoms with E-state index < -0.39 is 0 Å². The predicted molar refractivity (Wildman–Crippen MR) is 62.8 cm³/mol. The van der Waals surface area contributed by atoms with Crippen LogP contribution in [0.3, 0.4) is 0 Å². The van der Waals surface area contributed by atoms with Gasteiger partial charge in [0.2, 0.25) is 0 Å². The number of piperidine rings is 1. The van der Waals surface area contributed by atoms with E-state index in [4.69, 9.17) is 0 Å². The molecule has 1 saturated heterocycles. The summed E-state index contributed by atoms with van der Waals surface area (Å²) in [4.78, 5) is 0. The van der Waals surface area contributed by atoms with Crippen molar-refractivity contribution in [2.75, 3.05) is 6.54 Å². The fourth-order valence-corrected chi connectivity index (χ4v) is 3.00. The minimum atomic E-state index is 0.725. The molecule has 0 radical (unpaired) electrons. The number of thiophene rings is 1. The lowest BCUT2D eigenvalue weighted by Crippen LogP contribution is -2.39. The summed E-state index contributed by atoms with van der Waals surface area (Å²) in [7, 11) is 0. The van der Waals surface area contributed by atoms with Gasteiger partial charge in [0.25, 0.3) is 0 Å². The van der Waals surface area contributed by atoms with Crippen LogP contribution in [0, 0.1) is 5.92 Å². The van der Waals surface area contributed by atoms with Crippen molar-refractivity contribution in [2.45, 2.75) is 38.6 Å². The molecule has 1 aromatic heterocycles. The second-order valence-corrected chi connectivity index (χ2v) is 5.07. The Labute approximate surface area is 90.5 Å². The van der Waals surface area contributed by atoms with Crippen LogP contribution in [0.15, 0.2) is 16.8 Å². The molecular weight excluding hydrogens is 190 g/mol. The Bertz CT molecular complexity index is 255. The van der Waals surface area contributed by atoms with Crippen LogP contribution in [0.4, 0.5) is 0 Å². The molecule has 1 aromatic rings. The van der Waals surface area contributed by atoms with Gasteiger partial charge in [-0.1, -0.05) is 13.3 Å². The van der Waals surface area contributed by atoms with Gasteiger partial charge in [-0.3, -0.25) is 0 Å². The summed E-state index contributed by atoms with van der Waals surface area (Å²) in [6.07, 6.45) is 5.31. The number of nitrogens with one attached hydrogen (secondary N) is 1. The van der Waals surface area contributed by atoms with E-state index in [9.17, 15) is 0 Å². The van der Waals surface area contributed by atoms with E-state index in [1.807, 2.05) is 0 Å². The molecule has 2 unspecified atom stereocenters. The van der Waals surface area contributed by atoms with Crippen molar-refractivity contribution in [1.82, 2.24) is 5.32 Å². The number of hydrogen-bond acceptors (Lipinski definition) is 2. The van der Waals surface area contributed by atoms with Gasteiger partial charge >= 0.3 is 0 Å². The molecule has 14 heavy (non-hydrogen) atoms. The maximum atomic E-state index is 3.63. The maximum Gasteiger partial charge on any atom is 0.0110 e. The van der Waals surface area contributed by atoms with E-state index in [0.717, 1.165) is 12.0 Å². The molecule has 2 heterocycles. The average Bonchev–Trinajstić information content (AvgIpc) is 2.71. The zero-order chi connectivity index (χ0) is 9.80. The first kappa shape index (κ1) is 10.2. The third-order valence-corrected chi connectivity index (χ3v) is 3.98. The van der Waals surface area contributed by atoms with Gasteiger partial charge in [-0.25, -0.2) is 0 Å². The SMILES string of the molecule is CCC1CCNC(Cc2ccsc2)C1. The number of rotatable bonds is 3. The van der Waals surface area contributed by atoms with Crippen molar-refractivity contribution in [1.29, 1.82) is 0 Å². The third-order valence-electron chi connectivity index (χ3n) is 3.24. The Kier molecular flexibility index (Phi) is 3.60. The highest BCUT2D eigenvalue weighted by molar-refractivity contribution is 7.07. The van der Waals surface area contributed by atoms with E-state index in [1.165, 1.54) is 37.8 Å². The smallest absolute Gasteiger partial charge is 0.0110 e. The van der Waals surface area contributed by atoms with Gasteiger partial charge in [0.1, 0.15) is 0 Å². The summed E-state index contributed by atoms with van der Waals surface area (Å²) < 4.78 is 0. The first-order valence-electron chi connectivity index (χ1n) is 5.63. The van der Waals surface area contributed by atoms with Crippen LogP contribution >= 0.6 is 11.3 Å². The first-order valence-corrected chi connectivity index (χ1v) is 6.57. The molecule has 1 aliphatic heterocycles. The number of hydrogen-bond donors (Lipinski definition) is 1. The topological polar surface area (TPSA) is 12.0 Å². The Morgan fingerprint density at radius 3 is 3.21 bits per heavy atom. The summed E-state index contributed by atoms with van der Waals surface area (Å²) in [5.74, 6) is 0.958. The second-order valence-electron chi connectivity index (χ2n) is 4.29. The van der Waals surface area contributed by atoms with Crippen molar-refractivity contribution in [3.8, 4) is 0 Å². The first-order chi connectivity index (χ1) is 6.88. The fourth-order valence-electron chi connectivity index (χ4n) is 2.31. The third kappa shape index (κ3) is 2.58. The van der Waals surface area contributed by atoms with Gasteiger partial charge in [-0.15, -0.1) is 0 Å². The quantitative estimate of drug-likeness (QED) is 0.806. The van der Waals surface area contributed by atoms with Gasteiger partial charge in [-0.2, -0.15) is 11.3 Å². The molecule has 0 aliphatic carbocycles. The van der Waals surface area contributed by atoms with Crippen LogP contribution in [0.2, 0.25) is 0 Å². The highest BCUT2D eigenvalue weighted by atomic mass is 32.1. The monoisotopic (exact) mass is 209 g/mol. The highest BCUT2D eigenvalue weighted by Gasteiger charge is 2.20. The zero-order valence-corrected chi connectivity index (χ0v) is 9.65. The average molecular weight is 209 g/mol. The Hall–Kier alpha value is -0.340. The largest absolute Gasteiger partial charge is 0.314 e. The van der Waals surface area contributed by atoms with Crippen molar-refractivity contribution in [3.05, 3.63) is 22.4 Å². The molecule has 0 bridgehead atoms. The Morgan fingerprint density at radius 1 is 1.57 bits per heavy atom. The maximum absolute atomic E-state index is 3.63. The van der Waals surface area contributed by atoms with E-state index in [2.05, 4.69) is 29.1 Å². The van der Waals surface area contributed by atoms with Gasteiger partial charge in [0.05, 0.1) is 0 Å². The second kappa shape index (κ2) is 4.94. The fraction of sp³-hybridized carbons (Fsp3) is 0.667. The van der Waals surface area contributed by atoms with Gasteiger partial charge in [0.15, 0.2) is 0 Å². The molecule has 0 saturated carbocycles. The highest BCUT2D eigenvalue weighted by Crippen LogP contribution is 2.22. The molecule has 2 heteroatoms. The molecular formula is C12H19NS. The molecule has 78 valence electrons. The minimum absolute atomic E-state index is 0.725. The van der Waals surface area contributed by atoms with Crippen LogP contribution < -0.4 is 5.32 Å². The van der Waals surface area contributed by atoms with Crippen LogP contribution in [-0.2, 0) is 6.42 Å². The molecule has 1 N–H and O–H groups in total. The van der Waals surface area contributed by atoms with Crippen molar-refractivity contribution in [2.24, 2.45) is 5.92 Å². The van der Waals surface area contributed by atoms with Crippen LogP contribution in [0.25, 0.3) is 0 Å². The molecule has 2 rings (SSSR count). The van der Waals surface area contributed by atoms with Gasteiger partial charge in [-0.05, 0) is 54.1 Å². The molecule has 1 fully saturated rings. The summed E-state index contributed by atoms with van der Waals surface area (Å²) in [6, 6.07) is 2.98. The lowest BCUT2D eigenvalue weighted by Gasteiger charge is -2.29. The molecule has 0 amide bonds. The zero-order valence-electron chi connectivity index (χ0n) is 8.83. The van der Waals surface area contributed by atoms with Crippen LogP contribution in [0.5, 0.6) is 0 Å². The summed E-state index contributed by atoms with van der Waals surface area (Å²) in [5, 5.41) is 8.08. The Morgan fingerprint density at radius 2 is 2.50 bits per heavy atom. The summed E-state index contributed by atoms with van der Waals surface area (Å²) in [5.41, 5.74) is 1.50. The molecule has 1 nitrogen and oxygen atoms in total. The van der Waals surface area contributed by atoms with Crippen molar-refractivity contribution in [3.63, 3.8) is 0 Å². The normalized spacial score (nSPS) is 27.8. The molecule has 1 aliphatic rings. The van der Waals surface area contributed by atoms with Crippen LogP contribution in [0.1, 0.15) is 31.7 Å². The molecule has 2 atom stereocenters. The van der Waals surface area contributed by atoms with Crippen LogP contribution in [-0.4, -0.2) is 12.6 Å². The Balaban J connectivity index is 1.86. The summed E-state index contributed by atoms with van der Waals surface area (Å²) >= 11 is 1.81. The van der Waals surface area contributed by atoms with Gasteiger partial charge in [0, 0.05) is 6.04 Å². The lowest BCUT2D eigenvalue weighted by atomic mass is 9.88. The van der Waals surface area contributed by atoms with Gasteiger partial charge < -0.3 is 5.32 Å². The van der Waals surface area contributed by atoms with Crippen molar-refractivity contribution >= 4 is 11.3 Å². The minimum Gasteiger partial charge on any atom is -0.314 e. The standard InChI is InChI=1S/C12H19NS/c1-2-10-3-5-13-12(7-10)8-11-4-6-14-9-11/h4,6,9-10,12-13H,2-3,5,7-8H2,1H3. The summed E-state index contributed by atoms with van der Waals surface area (Å²) in [6.45, 7) is 3.53. The van der Waals surface area contributed by atoms with E-state index >= 15 is 0 Å². The molecule has 0 spiro atoms. The van der Waals surface area contributed by atoms with E-state index in [1.54, 1.807) is 11.3 Å².